The first kappa shape index (κ1) is 14.7. The van der Waals surface area contributed by atoms with Gasteiger partial charge in [-0.15, -0.1) is 0 Å². The third-order valence-electron chi connectivity index (χ3n) is 3.09. The van der Waals surface area contributed by atoms with Gasteiger partial charge in [-0.05, 0) is 29.7 Å². The molecule has 0 aliphatic heterocycles. The smallest absolute Gasteiger partial charge is 0.354 e. The van der Waals surface area contributed by atoms with Crippen molar-refractivity contribution in [2.24, 2.45) is 0 Å². The normalized spacial score (nSPS) is 10.1. The first-order valence-electron chi connectivity index (χ1n) is 6.66. The summed E-state index contributed by atoms with van der Waals surface area (Å²) in [6.07, 6.45) is 0.971. The average Bonchev–Trinajstić information content (AvgIpc) is 2.53. The number of aryl methyl sites for hydroxylation is 1. The summed E-state index contributed by atoms with van der Waals surface area (Å²) in [7, 11) is 0. The number of aromatic carboxylic acids is 1. The lowest BCUT2D eigenvalue weighted by Gasteiger charge is -2.06. The van der Waals surface area contributed by atoms with Gasteiger partial charge < -0.3 is 10.4 Å². The number of rotatable bonds is 5. The summed E-state index contributed by atoms with van der Waals surface area (Å²) in [6, 6.07) is 12.3. The lowest BCUT2D eigenvalue weighted by molar-refractivity contribution is 0.0690. The average molecular weight is 284 g/mol. The summed E-state index contributed by atoms with van der Waals surface area (Å²) in [5.74, 6) is -1.54. The van der Waals surface area contributed by atoms with Gasteiger partial charge in [-0.25, -0.2) is 9.78 Å². The van der Waals surface area contributed by atoms with E-state index in [-0.39, 0.29) is 11.4 Å². The van der Waals surface area contributed by atoms with Crippen LogP contribution in [0.4, 0.5) is 0 Å². The van der Waals surface area contributed by atoms with Gasteiger partial charge in [0.25, 0.3) is 5.91 Å². The predicted molar refractivity (Wildman–Crippen MR) is 78.2 cm³/mol. The maximum atomic E-state index is 11.9. The fourth-order valence-electron chi connectivity index (χ4n) is 1.85. The number of carbonyl (C=O) groups excluding carboxylic acids is 1. The van der Waals surface area contributed by atoms with Gasteiger partial charge in [-0.3, -0.25) is 4.79 Å². The van der Waals surface area contributed by atoms with Crippen molar-refractivity contribution in [3.63, 3.8) is 0 Å². The molecule has 1 aromatic carbocycles. The molecule has 2 aromatic rings. The molecule has 0 aliphatic rings. The van der Waals surface area contributed by atoms with Crippen molar-refractivity contribution in [1.29, 1.82) is 0 Å². The SMILES string of the molecule is CCc1ccc(CNC(=O)c2cccc(C(=O)O)n2)cc1. The number of nitrogens with one attached hydrogen (secondary N) is 1. The van der Waals surface area contributed by atoms with Gasteiger partial charge in [-0.2, -0.15) is 0 Å². The molecule has 0 aliphatic carbocycles. The van der Waals surface area contributed by atoms with Crippen LogP contribution >= 0.6 is 0 Å². The zero-order chi connectivity index (χ0) is 15.2. The molecule has 0 fully saturated rings. The number of nitrogens with zero attached hydrogens (tertiary/aromatic N) is 1. The standard InChI is InChI=1S/C16H16N2O3/c1-2-11-6-8-12(9-7-11)10-17-15(19)13-4-3-5-14(18-13)16(20)21/h3-9H,2,10H2,1H3,(H,17,19)(H,20,21). The molecule has 0 unspecified atom stereocenters. The van der Waals surface area contributed by atoms with E-state index >= 15 is 0 Å². The highest BCUT2D eigenvalue weighted by molar-refractivity contribution is 5.94. The quantitative estimate of drug-likeness (QED) is 0.882. The van der Waals surface area contributed by atoms with Crippen molar-refractivity contribution in [3.05, 3.63) is 65.0 Å². The number of benzene rings is 1. The number of aromatic nitrogens is 1. The summed E-state index contributed by atoms with van der Waals surface area (Å²) in [5, 5.41) is 11.6. The van der Waals surface area contributed by atoms with E-state index in [9.17, 15) is 9.59 Å². The molecule has 0 bridgehead atoms. The molecule has 0 saturated heterocycles. The first-order valence-corrected chi connectivity index (χ1v) is 6.66. The molecule has 5 heteroatoms. The molecular weight excluding hydrogens is 268 g/mol. The van der Waals surface area contributed by atoms with Crippen molar-refractivity contribution in [3.8, 4) is 0 Å². The largest absolute Gasteiger partial charge is 0.477 e. The summed E-state index contributed by atoms with van der Waals surface area (Å²) in [6.45, 7) is 2.46. The summed E-state index contributed by atoms with van der Waals surface area (Å²) < 4.78 is 0. The van der Waals surface area contributed by atoms with Gasteiger partial charge in [0, 0.05) is 6.54 Å². The zero-order valence-electron chi connectivity index (χ0n) is 11.7. The van der Waals surface area contributed by atoms with E-state index in [2.05, 4.69) is 17.2 Å². The Bertz CT molecular complexity index is 651. The van der Waals surface area contributed by atoms with Gasteiger partial charge in [0.2, 0.25) is 0 Å². The van der Waals surface area contributed by atoms with Gasteiger partial charge in [0.15, 0.2) is 0 Å². The number of carboxylic acids is 1. The number of pyridine rings is 1. The van der Waals surface area contributed by atoms with Crippen molar-refractivity contribution >= 4 is 11.9 Å². The third kappa shape index (κ3) is 3.89. The van der Waals surface area contributed by atoms with Crippen molar-refractivity contribution in [1.82, 2.24) is 10.3 Å². The van der Waals surface area contributed by atoms with E-state index in [1.165, 1.54) is 23.8 Å². The monoisotopic (exact) mass is 284 g/mol. The van der Waals surface area contributed by atoms with Crippen LogP contribution < -0.4 is 5.32 Å². The molecule has 1 amide bonds. The number of carbonyl (C=O) groups is 2. The van der Waals surface area contributed by atoms with Crippen molar-refractivity contribution < 1.29 is 14.7 Å². The summed E-state index contributed by atoms with van der Waals surface area (Å²) in [4.78, 5) is 26.6. The molecule has 21 heavy (non-hydrogen) atoms. The van der Waals surface area contributed by atoms with Gasteiger partial charge >= 0.3 is 5.97 Å². The lowest BCUT2D eigenvalue weighted by Crippen LogP contribution is -2.24. The Hall–Kier alpha value is -2.69. The number of amides is 1. The first-order chi connectivity index (χ1) is 10.1. The molecule has 1 aromatic heterocycles. The van der Waals surface area contributed by atoms with Crippen LogP contribution in [0.1, 0.15) is 39.0 Å². The highest BCUT2D eigenvalue weighted by Gasteiger charge is 2.10. The summed E-state index contributed by atoms with van der Waals surface area (Å²) in [5.41, 5.74) is 2.17. The van der Waals surface area contributed by atoms with E-state index < -0.39 is 11.9 Å². The van der Waals surface area contributed by atoms with Crippen LogP contribution in [-0.2, 0) is 13.0 Å². The molecule has 0 spiro atoms. The Balaban J connectivity index is 2.00. The van der Waals surface area contributed by atoms with E-state index in [0.29, 0.717) is 6.54 Å². The Morgan fingerprint density at radius 2 is 1.67 bits per heavy atom. The molecule has 0 radical (unpaired) electrons. The Morgan fingerprint density at radius 1 is 1.05 bits per heavy atom. The molecule has 5 nitrogen and oxygen atoms in total. The lowest BCUT2D eigenvalue weighted by atomic mass is 10.1. The fraction of sp³-hybridized carbons (Fsp3) is 0.188. The van der Waals surface area contributed by atoms with Crippen LogP contribution in [0, 0.1) is 0 Å². The minimum atomic E-state index is -1.15. The Kier molecular flexibility index (Phi) is 4.66. The molecule has 2 rings (SSSR count). The maximum Gasteiger partial charge on any atom is 0.354 e. The van der Waals surface area contributed by atoms with E-state index in [1.54, 1.807) is 0 Å². The summed E-state index contributed by atoms with van der Waals surface area (Å²) >= 11 is 0. The van der Waals surface area contributed by atoms with Crippen LogP contribution in [-0.4, -0.2) is 22.0 Å². The molecule has 2 N–H and O–H groups in total. The van der Waals surface area contributed by atoms with Gasteiger partial charge in [0.1, 0.15) is 11.4 Å². The van der Waals surface area contributed by atoms with Crippen LogP contribution in [0.15, 0.2) is 42.5 Å². The Morgan fingerprint density at radius 3 is 2.29 bits per heavy atom. The van der Waals surface area contributed by atoms with Crippen LogP contribution in [0.2, 0.25) is 0 Å². The molecule has 0 atom stereocenters. The van der Waals surface area contributed by atoms with E-state index in [0.717, 1.165) is 12.0 Å². The molecular formula is C16H16N2O3. The minimum absolute atomic E-state index is 0.0973. The Labute approximate surface area is 122 Å². The van der Waals surface area contributed by atoms with Gasteiger partial charge in [0.05, 0.1) is 0 Å². The van der Waals surface area contributed by atoms with Crippen LogP contribution in [0.3, 0.4) is 0 Å². The predicted octanol–water partition coefficient (Wildman–Crippen LogP) is 2.27. The molecule has 0 saturated carbocycles. The number of carboxylic acid groups (broad SMARTS) is 1. The highest BCUT2D eigenvalue weighted by atomic mass is 16.4. The van der Waals surface area contributed by atoms with E-state index in [1.807, 2.05) is 24.3 Å². The topological polar surface area (TPSA) is 79.3 Å². The number of hydrogen-bond donors (Lipinski definition) is 2. The van der Waals surface area contributed by atoms with Crippen LogP contribution in [0.5, 0.6) is 0 Å². The maximum absolute atomic E-state index is 11.9. The second-order valence-corrected chi connectivity index (χ2v) is 4.57. The third-order valence-corrected chi connectivity index (χ3v) is 3.09. The zero-order valence-corrected chi connectivity index (χ0v) is 11.7. The second-order valence-electron chi connectivity index (χ2n) is 4.57. The van der Waals surface area contributed by atoms with Crippen molar-refractivity contribution in [2.45, 2.75) is 19.9 Å². The fourth-order valence-corrected chi connectivity index (χ4v) is 1.85. The molecule has 108 valence electrons. The molecule has 1 heterocycles. The number of hydrogen-bond acceptors (Lipinski definition) is 3. The van der Waals surface area contributed by atoms with Crippen LogP contribution in [0.25, 0.3) is 0 Å². The second kappa shape index (κ2) is 6.65. The highest BCUT2D eigenvalue weighted by Crippen LogP contribution is 2.05. The van der Waals surface area contributed by atoms with Gasteiger partial charge in [-0.1, -0.05) is 37.3 Å². The minimum Gasteiger partial charge on any atom is -0.477 e. The van der Waals surface area contributed by atoms with Crippen molar-refractivity contribution in [2.75, 3.05) is 0 Å². The van der Waals surface area contributed by atoms with E-state index in [4.69, 9.17) is 5.11 Å².